The number of anilines is 2. The van der Waals surface area contributed by atoms with Crippen LogP contribution >= 0.6 is 0 Å². The summed E-state index contributed by atoms with van der Waals surface area (Å²) >= 11 is 0. The van der Waals surface area contributed by atoms with E-state index in [-0.39, 0.29) is 17.9 Å². The van der Waals surface area contributed by atoms with E-state index in [9.17, 15) is 9.90 Å². The molecule has 0 radical (unpaired) electrons. The van der Waals surface area contributed by atoms with Crippen LogP contribution in [0.3, 0.4) is 0 Å². The molecule has 1 aliphatic heterocycles. The number of fused-ring (bicyclic) bond motifs is 1. The lowest BCUT2D eigenvalue weighted by Gasteiger charge is -2.31. The SMILES string of the molecule is COc1ccc(NC(=O)C2CC2)cc1.OC1CCN(c2ccc(-c3n[nH]c4ccccc34)cc2)CC1. The van der Waals surface area contributed by atoms with Gasteiger partial charge in [0.1, 0.15) is 5.75 Å². The van der Waals surface area contributed by atoms with Crippen molar-refractivity contribution in [3.8, 4) is 17.0 Å². The monoisotopic (exact) mass is 484 g/mol. The number of H-pyrrole nitrogens is 1. The topological polar surface area (TPSA) is 90.5 Å². The van der Waals surface area contributed by atoms with Crippen LogP contribution < -0.4 is 15.0 Å². The van der Waals surface area contributed by atoms with Gasteiger partial charge in [-0.3, -0.25) is 9.89 Å². The van der Waals surface area contributed by atoms with Gasteiger partial charge < -0.3 is 20.1 Å². The van der Waals surface area contributed by atoms with E-state index in [0.717, 1.165) is 72.4 Å². The van der Waals surface area contributed by atoms with Crippen LogP contribution in [-0.2, 0) is 4.79 Å². The van der Waals surface area contributed by atoms with Crippen LogP contribution in [0.5, 0.6) is 5.75 Å². The quantitative estimate of drug-likeness (QED) is 0.361. The molecule has 3 aromatic carbocycles. The average molecular weight is 485 g/mol. The fraction of sp³-hybridized carbons (Fsp3) is 0.310. The number of ether oxygens (including phenoxy) is 1. The zero-order chi connectivity index (χ0) is 24.9. The van der Waals surface area contributed by atoms with Crippen LogP contribution in [0.2, 0.25) is 0 Å². The van der Waals surface area contributed by atoms with E-state index in [1.54, 1.807) is 7.11 Å². The second-order valence-corrected chi connectivity index (χ2v) is 9.37. The number of carbonyl (C=O) groups is 1. The second kappa shape index (κ2) is 10.8. The minimum absolute atomic E-state index is 0.133. The molecular formula is C29H32N4O3. The maximum Gasteiger partial charge on any atom is 0.227 e. The normalized spacial score (nSPS) is 15.8. The number of piperidine rings is 1. The van der Waals surface area contributed by atoms with Crippen LogP contribution in [0, 0.1) is 5.92 Å². The summed E-state index contributed by atoms with van der Waals surface area (Å²) < 4.78 is 5.02. The Bertz CT molecular complexity index is 1290. The number of hydrogen-bond acceptors (Lipinski definition) is 5. The molecule has 7 nitrogen and oxygen atoms in total. The summed E-state index contributed by atoms with van der Waals surface area (Å²) in [7, 11) is 1.62. The summed E-state index contributed by atoms with van der Waals surface area (Å²) in [4.78, 5) is 13.7. The summed E-state index contributed by atoms with van der Waals surface area (Å²) in [5.41, 5.74) is 5.24. The third kappa shape index (κ3) is 5.69. The molecule has 0 unspecified atom stereocenters. The summed E-state index contributed by atoms with van der Waals surface area (Å²) in [5, 5.41) is 21.1. The van der Waals surface area contributed by atoms with Crippen molar-refractivity contribution in [2.45, 2.75) is 31.8 Å². The Morgan fingerprint density at radius 2 is 1.67 bits per heavy atom. The lowest BCUT2D eigenvalue weighted by molar-refractivity contribution is -0.117. The summed E-state index contributed by atoms with van der Waals surface area (Å²) in [6, 6.07) is 24.1. The Morgan fingerprint density at radius 1 is 0.972 bits per heavy atom. The van der Waals surface area contributed by atoms with Gasteiger partial charge in [-0.05, 0) is 68.1 Å². The third-order valence-electron chi connectivity index (χ3n) is 6.75. The van der Waals surface area contributed by atoms with Gasteiger partial charge in [0, 0.05) is 41.3 Å². The predicted molar refractivity (Wildman–Crippen MR) is 143 cm³/mol. The van der Waals surface area contributed by atoms with Crippen molar-refractivity contribution < 1.29 is 14.6 Å². The van der Waals surface area contributed by atoms with Gasteiger partial charge in [0.2, 0.25) is 5.91 Å². The highest BCUT2D eigenvalue weighted by Gasteiger charge is 2.29. The molecule has 7 heteroatoms. The number of nitrogens with one attached hydrogen (secondary N) is 2. The van der Waals surface area contributed by atoms with Gasteiger partial charge in [-0.25, -0.2) is 0 Å². The van der Waals surface area contributed by atoms with Gasteiger partial charge in [-0.1, -0.05) is 30.3 Å². The molecule has 4 aromatic rings. The molecule has 36 heavy (non-hydrogen) atoms. The van der Waals surface area contributed by atoms with Gasteiger partial charge in [0.15, 0.2) is 0 Å². The first-order valence-electron chi connectivity index (χ1n) is 12.5. The number of nitrogens with zero attached hydrogens (tertiary/aromatic N) is 2. The van der Waals surface area contributed by atoms with Crippen molar-refractivity contribution in [3.63, 3.8) is 0 Å². The number of aromatic nitrogens is 2. The summed E-state index contributed by atoms with van der Waals surface area (Å²) in [6.45, 7) is 1.84. The Morgan fingerprint density at radius 3 is 2.33 bits per heavy atom. The maximum atomic E-state index is 11.4. The number of methoxy groups -OCH3 is 1. The first-order chi connectivity index (χ1) is 17.6. The van der Waals surface area contributed by atoms with E-state index >= 15 is 0 Å². The van der Waals surface area contributed by atoms with Crippen molar-refractivity contribution in [1.29, 1.82) is 0 Å². The third-order valence-corrected chi connectivity index (χ3v) is 6.75. The van der Waals surface area contributed by atoms with Crippen molar-refractivity contribution >= 4 is 28.2 Å². The van der Waals surface area contributed by atoms with E-state index in [1.165, 1.54) is 5.69 Å². The smallest absolute Gasteiger partial charge is 0.227 e. The molecule has 0 bridgehead atoms. The highest BCUT2D eigenvalue weighted by Crippen LogP contribution is 2.30. The Hall–Kier alpha value is -3.84. The Labute approximate surface area is 211 Å². The largest absolute Gasteiger partial charge is 0.497 e. The molecule has 0 spiro atoms. The van der Waals surface area contributed by atoms with Crippen molar-refractivity contribution in [2.75, 3.05) is 30.4 Å². The molecule has 3 N–H and O–H groups in total. The zero-order valence-electron chi connectivity index (χ0n) is 20.5. The van der Waals surface area contributed by atoms with Gasteiger partial charge in [-0.15, -0.1) is 0 Å². The number of carbonyl (C=O) groups excluding carboxylic acids is 1. The molecule has 2 aliphatic rings. The molecule has 1 aromatic heterocycles. The number of aliphatic hydroxyl groups excluding tert-OH is 1. The van der Waals surface area contributed by atoms with Gasteiger partial charge in [0.05, 0.1) is 24.4 Å². The van der Waals surface area contributed by atoms with E-state index in [4.69, 9.17) is 4.74 Å². The summed E-state index contributed by atoms with van der Waals surface area (Å²) in [5.74, 6) is 1.18. The fourth-order valence-electron chi connectivity index (χ4n) is 4.40. The number of benzene rings is 3. The van der Waals surface area contributed by atoms with Crippen LogP contribution in [-0.4, -0.2) is 47.5 Å². The number of hydrogen-bond donors (Lipinski definition) is 3. The minimum Gasteiger partial charge on any atom is -0.497 e. The van der Waals surface area contributed by atoms with Crippen molar-refractivity contribution in [1.82, 2.24) is 10.2 Å². The van der Waals surface area contributed by atoms with Crippen LogP contribution in [0.25, 0.3) is 22.2 Å². The lowest BCUT2D eigenvalue weighted by atomic mass is 10.0. The van der Waals surface area contributed by atoms with Crippen molar-refractivity contribution in [2.24, 2.45) is 5.92 Å². The molecule has 6 rings (SSSR count). The van der Waals surface area contributed by atoms with Crippen LogP contribution in [0.4, 0.5) is 11.4 Å². The molecule has 1 amide bonds. The maximum absolute atomic E-state index is 11.4. The standard InChI is InChI=1S/C18H19N3O.C11H13NO2/c22-15-9-11-21(12-10-15)14-7-5-13(6-8-14)18-16-3-1-2-4-17(16)19-20-18;1-14-10-6-4-9(5-7-10)12-11(13)8-2-3-8/h1-8,15,22H,9-12H2,(H,19,20);4-8H,2-3H2,1H3,(H,12,13). The lowest BCUT2D eigenvalue weighted by Crippen LogP contribution is -2.35. The molecule has 1 saturated heterocycles. The zero-order valence-corrected chi connectivity index (χ0v) is 20.5. The number of para-hydroxylation sites is 1. The minimum atomic E-state index is -0.133. The first-order valence-corrected chi connectivity index (χ1v) is 12.5. The van der Waals surface area contributed by atoms with Gasteiger partial charge in [-0.2, -0.15) is 5.10 Å². The highest BCUT2D eigenvalue weighted by molar-refractivity contribution is 5.94. The van der Waals surface area contributed by atoms with Crippen molar-refractivity contribution in [3.05, 3.63) is 72.8 Å². The van der Waals surface area contributed by atoms with E-state index in [0.29, 0.717) is 0 Å². The number of amides is 1. The van der Waals surface area contributed by atoms with Gasteiger partial charge >= 0.3 is 0 Å². The Kier molecular flexibility index (Phi) is 7.18. The second-order valence-electron chi connectivity index (χ2n) is 9.37. The van der Waals surface area contributed by atoms with E-state index in [1.807, 2.05) is 42.5 Å². The van der Waals surface area contributed by atoms with Gasteiger partial charge in [0.25, 0.3) is 0 Å². The molecule has 1 saturated carbocycles. The van der Waals surface area contributed by atoms with E-state index < -0.39 is 0 Å². The number of aliphatic hydroxyl groups is 1. The number of aromatic amines is 1. The molecule has 2 heterocycles. The van der Waals surface area contributed by atoms with E-state index in [2.05, 4.69) is 50.7 Å². The first kappa shape index (κ1) is 23.9. The summed E-state index contributed by atoms with van der Waals surface area (Å²) in [6.07, 6.45) is 3.63. The van der Waals surface area contributed by atoms with Crippen LogP contribution in [0.1, 0.15) is 25.7 Å². The predicted octanol–water partition coefficient (Wildman–Crippen LogP) is 5.23. The molecule has 2 fully saturated rings. The molecule has 1 aliphatic carbocycles. The fourth-order valence-corrected chi connectivity index (χ4v) is 4.40. The number of rotatable bonds is 5. The van der Waals surface area contributed by atoms with Crippen LogP contribution in [0.15, 0.2) is 72.8 Å². The molecular weight excluding hydrogens is 452 g/mol. The molecule has 0 atom stereocenters. The molecule has 186 valence electrons. The highest BCUT2D eigenvalue weighted by atomic mass is 16.5. The Balaban J connectivity index is 0.000000165. The average Bonchev–Trinajstić information content (AvgIpc) is 3.69.